The zero-order valence-electron chi connectivity index (χ0n) is 15.1. The Morgan fingerprint density at radius 2 is 2.00 bits per heavy atom. The second-order valence-corrected chi connectivity index (χ2v) is 6.96. The second-order valence-electron chi connectivity index (χ2n) is 6.10. The third kappa shape index (κ3) is 4.26. The highest BCUT2D eigenvalue weighted by molar-refractivity contribution is 7.13. The molecule has 3 aromatic rings. The fraction of sp³-hybridized carbons (Fsp3) is 0.250. The highest BCUT2D eigenvalue weighted by atomic mass is 32.1. The van der Waals surface area contributed by atoms with Gasteiger partial charge in [-0.1, -0.05) is 12.1 Å². The fourth-order valence-corrected chi connectivity index (χ4v) is 3.35. The summed E-state index contributed by atoms with van der Waals surface area (Å²) in [6.07, 6.45) is 3.51. The molecule has 1 N–H and O–H groups in total. The summed E-state index contributed by atoms with van der Waals surface area (Å²) in [4.78, 5) is 20.7. The van der Waals surface area contributed by atoms with E-state index >= 15 is 0 Å². The molecule has 0 radical (unpaired) electrons. The molecule has 6 heteroatoms. The topological polar surface area (TPSA) is 64.1 Å². The van der Waals surface area contributed by atoms with Gasteiger partial charge in [-0.05, 0) is 49.6 Å². The number of thiazole rings is 1. The quantitative estimate of drug-likeness (QED) is 0.719. The summed E-state index contributed by atoms with van der Waals surface area (Å²) >= 11 is 1.54. The standard InChI is InChI=1S/C20H21N3O2S/c1-13-6-7-14(2)19(15(13)3)25-11-18(24)22-10-17-12-26-20(23-17)16-5-4-8-21-9-16/h4-9,12H,10-11H2,1-3H3,(H,22,24). The maximum atomic E-state index is 12.1. The molecule has 0 atom stereocenters. The Bertz CT molecular complexity index is 907. The van der Waals surface area contributed by atoms with Gasteiger partial charge in [-0.3, -0.25) is 9.78 Å². The molecule has 1 amide bonds. The van der Waals surface area contributed by atoms with Gasteiger partial charge >= 0.3 is 0 Å². The number of aryl methyl sites for hydroxylation is 2. The number of hydrogen-bond donors (Lipinski definition) is 1. The first-order chi connectivity index (χ1) is 12.5. The van der Waals surface area contributed by atoms with E-state index in [-0.39, 0.29) is 12.5 Å². The molecule has 5 nitrogen and oxygen atoms in total. The average Bonchev–Trinajstić information content (AvgIpc) is 3.13. The summed E-state index contributed by atoms with van der Waals surface area (Å²) in [7, 11) is 0. The van der Waals surface area contributed by atoms with Gasteiger partial charge in [-0.15, -0.1) is 11.3 Å². The predicted molar refractivity (Wildman–Crippen MR) is 103 cm³/mol. The monoisotopic (exact) mass is 367 g/mol. The number of carbonyl (C=O) groups is 1. The van der Waals surface area contributed by atoms with Crippen LogP contribution in [-0.4, -0.2) is 22.5 Å². The van der Waals surface area contributed by atoms with Gasteiger partial charge in [0.2, 0.25) is 0 Å². The molecule has 26 heavy (non-hydrogen) atoms. The first kappa shape index (κ1) is 18.1. The van der Waals surface area contributed by atoms with Crippen LogP contribution in [0.2, 0.25) is 0 Å². The van der Waals surface area contributed by atoms with Gasteiger partial charge in [-0.25, -0.2) is 4.98 Å². The van der Waals surface area contributed by atoms with Crippen LogP contribution < -0.4 is 10.1 Å². The van der Waals surface area contributed by atoms with Gasteiger partial charge in [-0.2, -0.15) is 0 Å². The van der Waals surface area contributed by atoms with Crippen molar-refractivity contribution in [1.29, 1.82) is 0 Å². The van der Waals surface area contributed by atoms with Crippen LogP contribution in [0.15, 0.2) is 42.0 Å². The normalized spacial score (nSPS) is 10.6. The van der Waals surface area contributed by atoms with Crippen LogP contribution in [-0.2, 0) is 11.3 Å². The van der Waals surface area contributed by atoms with Crippen molar-refractivity contribution in [3.05, 3.63) is 64.4 Å². The van der Waals surface area contributed by atoms with E-state index < -0.39 is 0 Å². The smallest absolute Gasteiger partial charge is 0.258 e. The molecule has 0 aliphatic rings. The van der Waals surface area contributed by atoms with Gasteiger partial charge in [0.05, 0.1) is 12.2 Å². The highest BCUT2D eigenvalue weighted by Gasteiger charge is 2.10. The summed E-state index contributed by atoms with van der Waals surface area (Å²) in [5.41, 5.74) is 5.05. The maximum absolute atomic E-state index is 12.1. The Morgan fingerprint density at radius 1 is 1.19 bits per heavy atom. The molecule has 0 bridgehead atoms. The molecule has 0 spiro atoms. The number of carbonyl (C=O) groups excluding carboxylic acids is 1. The van der Waals surface area contributed by atoms with E-state index in [1.807, 2.05) is 44.4 Å². The van der Waals surface area contributed by atoms with E-state index in [0.717, 1.165) is 38.7 Å². The fourth-order valence-electron chi connectivity index (χ4n) is 2.54. The number of hydrogen-bond acceptors (Lipinski definition) is 5. The molecule has 0 fully saturated rings. The summed E-state index contributed by atoms with van der Waals surface area (Å²) in [6, 6.07) is 7.91. The molecule has 0 saturated carbocycles. The molecular weight excluding hydrogens is 346 g/mol. The Balaban J connectivity index is 1.54. The number of pyridine rings is 1. The molecule has 2 aromatic heterocycles. The molecule has 1 aromatic carbocycles. The first-order valence-electron chi connectivity index (χ1n) is 8.35. The van der Waals surface area contributed by atoms with Crippen molar-refractivity contribution in [3.8, 4) is 16.3 Å². The molecule has 0 aliphatic heterocycles. The third-order valence-corrected chi connectivity index (χ3v) is 5.09. The molecule has 0 aliphatic carbocycles. The summed E-state index contributed by atoms with van der Waals surface area (Å²) in [5.74, 6) is 0.619. The van der Waals surface area contributed by atoms with Crippen molar-refractivity contribution in [2.24, 2.45) is 0 Å². The Kier molecular flexibility index (Phi) is 5.63. The summed E-state index contributed by atoms with van der Waals surface area (Å²) in [5, 5.41) is 5.69. The SMILES string of the molecule is Cc1ccc(C)c(OCC(=O)NCc2csc(-c3cccnc3)n2)c1C. The summed E-state index contributed by atoms with van der Waals surface area (Å²) < 4.78 is 5.74. The lowest BCUT2D eigenvalue weighted by Crippen LogP contribution is -2.28. The minimum absolute atomic E-state index is 0.00919. The molecular formula is C20H21N3O2S. The van der Waals surface area contributed by atoms with Crippen LogP contribution in [0.1, 0.15) is 22.4 Å². The number of rotatable bonds is 6. The minimum Gasteiger partial charge on any atom is -0.483 e. The Labute approximate surface area is 157 Å². The van der Waals surface area contributed by atoms with Crippen molar-refractivity contribution in [3.63, 3.8) is 0 Å². The highest BCUT2D eigenvalue weighted by Crippen LogP contribution is 2.25. The third-order valence-electron chi connectivity index (χ3n) is 4.15. The second kappa shape index (κ2) is 8.10. The van der Waals surface area contributed by atoms with Crippen molar-refractivity contribution in [2.45, 2.75) is 27.3 Å². The van der Waals surface area contributed by atoms with Gasteiger partial charge < -0.3 is 10.1 Å². The van der Waals surface area contributed by atoms with Gasteiger partial charge in [0, 0.05) is 23.3 Å². The number of ether oxygens (including phenoxy) is 1. The van der Waals surface area contributed by atoms with Crippen LogP contribution in [0.4, 0.5) is 0 Å². The number of aromatic nitrogens is 2. The zero-order chi connectivity index (χ0) is 18.5. The number of benzene rings is 1. The molecule has 134 valence electrons. The summed E-state index contributed by atoms with van der Waals surface area (Å²) in [6.45, 7) is 6.39. The van der Waals surface area contributed by atoms with E-state index in [4.69, 9.17) is 4.74 Å². The number of nitrogens with one attached hydrogen (secondary N) is 1. The van der Waals surface area contributed by atoms with Crippen molar-refractivity contribution >= 4 is 17.2 Å². The number of amides is 1. The minimum atomic E-state index is -0.166. The van der Waals surface area contributed by atoms with Crippen LogP contribution in [0.3, 0.4) is 0 Å². The Hall–Kier alpha value is -2.73. The van der Waals surface area contributed by atoms with Crippen molar-refractivity contribution in [1.82, 2.24) is 15.3 Å². The maximum Gasteiger partial charge on any atom is 0.258 e. The average molecular weight is 367 g/mol. The predicted octanol–water partition coefficient (Wildman–Crippen LogP) is 3.83. The molecule has 3 rings (SSSR count). The zero-order valence-corrected chi connectivity index (χ0v) is 15.9. The van der Waals surface area contributed by atoms with E-state index in [9.17, 15) is 4.79 Å². The van der Waals surface area contributed by atoms with Crippen molar-refractivity contribution < 1.29 is 9.53 Å². The van der Waals surface area contributed by atoms with E-state index in [1.165, 1.54) is 11.3 Å². The van der Waals surface area contributed by atoms with E-state index in [2.05, 4.69) is 21.4 Å². The number of nitrogens with zero attached hydrogens (tertiary/aromatic N) is 2. The lowest BCUT2D eigenvalue weighted by atomic mass is 10.1. The van der Waals surface area contributed by atoms with E-state index in [1.54, 1.807) is 12.4 Å². The van der Waals surface area contributed by atoms with Gasteiger partial charge in [0.1, 0.15) is 10.8 Å². The first-order valence-corrected chi connectivity index (χ1v) is 9.23. The lowest BCUT2D eigenvalue weighted by molar-refractivity contribution is -0.123. The van der Waals surface area contributed by atoms with Crippen LogP contribution in [0.25, 0.3) is 10.6 Å². The van der Waals surface area contributed by atoms with E-state index in [0.29, 0.717) is 6.54 Å². The molecule has 2 heterocycles. The van der Waals surface area contributed by atoms with Crippen LogP contribution >= 0.6 is 11.3 Å². The van der Waals surface area contributed by atoms with Crippen LogP contribution in [0, 0.1) is 20.8 Å². The lowest BCUT2D eigenvalue weighted by Gasteiger charge is -2.13. The van der Waals surface area contributed by atoms with Gasteiger partial charge in [0.15, 0.2) is 6.61 Å². The molecule has 0 saturated heterocycles. The molecule has 0 unspecified atom stereocenters. The largest absolute Gasteiger partial charge is 0.483 e. The van der Waals surface area contributed by atoms with Crippen molar-refractivity contribution in [2.75, 3.05) is 6.61 Å². The van der Waals surface area contributed by atoms with Gasteiger partial charge in [0.25, 0.3) is 5.91 Å². The Morgan fingerprint density at radius 3 is 2.77 bits per heavy atom. The van der Waals surface area contributed by atoms with Crippen LogP contribution in [0.5, 0.6) is 5.75 Å².